The van der Waals surface area contributed by atoms with Crippen LogP contribution in [-0.4, -0.2) is 71.4 Å². The number of carbonyl (C=O) groups excluding carboxylic acids is 2. The van der Waals surface area contributed by atoms with Gasteiger partial charge < -0.3 is 14.2 Å². The van der Waals surface area contributed by atoms with Gasteiger partial charge in [0.15, 0.2) is 28.2 Å². The molecule has 17 heteroatoms. The number of rotatable bonds is 10. The van der Waals surface area contributed by atoms with Gasteiger partial charge in [0.25, 0.3) is 11.1 Å². The number of anilines is 1. The third-order valence-corrected chi connectivity index (χ3v) is 20.1. The third-order valence-electron chi connectivity index (χ3n) is 11.1. The predicted octanol–water partition coefficient (Wildman–Crippen LogP) is 5.96. The molecule has 0 aliphatic carbocycles. The molecule has 4 rings (SSSR count). The predicted molar refractivity (Wildman–Crippen MR) is 240 cm³/mol. The van der Waals surface area contributed by atoms with Crippen molar-refractivity contribution in [2.24, 2.45) is 30.9 Å². The number of Topliss-reactive ketones (excluding diaryl/α,β-unsaturated/α-hetero) is 2. The summed E-state index contributed by atoms with van der Waals surface area (Å²) >= 11 is 0. The van der Waals surface area contributed by atoms with Crippen LogP contribution in [0.1, 0.15) is 97.7 Å². The van der Waals surface area contributed by atoms with Gasteiger partial charge >= 0.3 is 11.4 Å². The molecule has 2 aromatic heterocycles. The molecule has 2 aromatic rings. The molecule has 328 valence electrons. The van der Waals surface area contributed by atoms with Crippen LogP contribution in [0.2, 0.25) is 36.3 Å². The lowest BCUT2D eigenvalue weighted by Gasteiger charge is -2.38. The summed E-state index contributed by atoms with van der Waals surface area (Å²) in [6.07, 6.45) is -0.0149. The van der Waals surface area contributed by atoms with E-state index in [1.165, 1.54) is 25.6 Å². The fourth-order valence-electron chi connectivity index (χ4n) is 5.54. The van der Waals surface area contributed by atoms with Crippen molar-refractivity contribution in [3.63, 3.8) is 0 Å². The van der Waals surface area contributed by atoms with Gasteiger partial charge in [-0.3, -0.25) is 37.4 Å². The van der Waals surface area contributed by atoms with Crippen LogP contribution in [0.25, 0.3) is 0 Å². The average molecular weight is 850 g/mol. The van der Waals surface area contributed by atoms with Crippen LogP contribution in [0.15, 0.2) is 24.2 Å². The SMILES string of the molecule is C.CC#N.CC(C)Cn1c2c(c(=O)n(C)c1=O)CC(=O)C(CO[Si](C)(C)C(C)(C)C)=N2.CC(C)Cn1c2c(c(=O)n(C)c1=O)CC(=O)C(CO[Si](C)(C)C(C)(C)C)N2.[2H][2H]. The van der Waals surface area contributed by atoms with E-state index in [1.54, 1.807) is 10.6 Å². The smallest absolute Gasteiger partial charge is 0.332 e. The van der Waals surface area contributed by atoms with Crippen LogP contribution in [0.5, 0.6) is 0 Å². The zero-order valence-electron chi connectivity index (χ0n) is 39.4. The Morgan fingerprint density at radius 1 is 0.810 bits per heavy atom. The summed E-state index contributed by atoms with van der Waals surface area (Å²) in [6.45, 7) is 32.0. The highest BCUT2D eigenvalue weighted by Gasteiger charge is 2.40. The molecule has 4 heterocycles. The van der Waals surface area contributed by atoms with Crippen molar-refractivity contribution in [1.29, 1.82) is 5.26 Å². The Morgan fingerprint density at radius 2 is 1.24 bits per heavy atom. The van der Waals surface area contributed by atoms with E-state index in [2.05, 4.69) is 78.0 Å². The molecule has 0 fully saturated rings. The van der Waals surface area contributed by atoms with Crippen molar-refractivity contribution < 1.29 is 21.4 Å². The van der Waals surface area contributed by atoms with Crippen LogP contribution in [0, 0.1) is 23.2 Å². The van der Waals surface area contributed by atoms with E-state index >= 15 is 0 Å². The summed E-state index contributed by atoms with van der Waals surface area (Å²) in [5.74, 6) is 0.918. The lowest BCUT2D eigenvalue weighted by molar-refractivity contribution is -0.120. The Labute approximate surface area is 349 Å². The van der Waals surface area contributed by atoms with Crippen LogP contribution in [0.3, 0.4) is 0 Å². The largest absolute Gasteiger partial charge is 0.414 e. The van der Waals surface area contributed by atoms with Crippen molar-refractivity contribution in [1.82, 2.24) is 18.3 Å². The Kier molecular flexibility index (Phi) is 17.2. The second kappa shape index (κ2) is 19.8. The number of hydrogen-bond acceptors (Lipinski definition) is 11. The van der Waals surface area contributed by atoms with E-state index in [4.69, 9.17) is 17.1 Å². The molecule has 1 atom stereocenters. The first kappa shape index (κ1) is 50.2. The van der Waals surface area contributed by atoms with E-state index in [1.807, 2.05) is 27.7 Å². The minimum Gasteiger partial charge on any atom is -0.414 e. The number of hydrogen-bond donors (Lipinski definition) is 1. The first-order valence-corrected chi connectivity index (χ1v) is 25.4. The summed E-state index contributed by atoms with van der Waals surface area (Å²) in [4.78, 5) is 79.8. The number of aliphatic imine (C=N–C) groups is 1. The Morgan fingerprint density at radius 3 is 1.71 bits per heavy atom. The zero-order chi connectivity index (χ0) is 46.2. The van der Waals surface area contributed by atoms with Gasteiger partial charge in [-0.1, -0.05) is 76.7 Å². The van der Waals surface area contributed by atoms with Crippen LogP contribution in [-0.2, 0) is 58.5 Å². The number of carbonyl (C=O) groups is 2. The van der Waals surface area contributed by atoms with Crippen molar-refractivity contribution in [2.75, 3.05) is 18.5 Å². The molecule has 0 aromatic carbocycles. The Bertz CT molecular complexity index is 2150. The van der Waals surface area contributed by atoms with E-state index in [9.17, 15) is 28.8 Å². The molecule has 0 bridgehead atoms. The first-order chi connectivity index (χ1) is 26.9. The molecule has 0 saturated heterocycles. The van der Waals surface area contributed by atoms with Crippen LogP contribution >= 0.6 is 0 Å². The zero-order valence-corrected chi connectivity index (χ0v) is 39.4. The van der Waals surface area contributed by atoms with Crippen molar-refractivity contribution in [3.05, 3.63) is 52.8 Å². The fraction of sp³-hybridized carbons (Fsp3) is 0.707. The van der Waals surface area contributed by atoms with Gasteiger partial charge in [0.1, 0.15) is 23.4 Å². The Balaban J connectivity index is 0.00000103. The lowest BCUT2D eigenvalue weighted by Crippen LogP contribution is -2.51. The quantitative estimate of drug-likeness (QED) is 0.279. The van der Waals surface area contributed by atoms with E-state index in [0.717, 1.165) is 9.13 Å². The molecule has 15 nitrogen and oxygen atoms in total. The number of nitrogens with zero attached hydrogens (tertiary/aromatic N) is 6. The van der Waals surface area contributed by atoms with E-state index < -0.39 is 39.5 Å². The molecular weight excluding hydrogens is 775 g/mol. The summed E-state index contributed by atoms with van der Waals surface area (Å²) in [6, 6.07) is 1.21. The maximum Gasteiger partial charge on any atom is 0.332 e. The van der Waals surface area contributed by atoms with Gasteiger partial charge in [0.2, 0.25) is 0 Å². The van der Waals surface area contributed by atoms with Gasteiger partial charge in [-0.2, -0.15) is 5.26 Å². The summed E-state index contributed by atoms with van der Waals surface area (Å²) in [5.41, 5.74) is -0.674. The molecule has 58 heavy (non-hydrogen) atoms. The molecule has 1 unspecified atom stereocenters. The maximum atomic E-state index is 12.6. The number of fused-ring (bicyclic) bond motifs is 2. The highest BCUT2D eigenvalue weighted by molar-refractivity contribution is 6.74. The van der Waals surface area contributed by atoms with E-state index in [-0.39, 0.29) is 78.4 Å². The lowest BCUT2D eigenvalue weighted by atomic mass is 10.0. The van der Waals surface area contributed by atoms with Gasteiger partial charge in [-0.15, -0.1) is 0 Å². The number of aromatic nitrogens is 4. The minimum absolute atomic E-state index is 0. The molecular formula is C41H73N7O8Si2. The second-order valence-electron chi connectivity index (χ2n) is 18.8. The number of ketones is 2. The van der Waals surface area contributed by atoms with Crippen LogP contribution < -0.4 is 27.8 Å². The summed E-state index contributed by atoms with van der Waals surface area (Å²) in [7, 11) is -1.16. The topological polar surface area (TPSA) is 189 Å². The molecule has 0 amide bonds. The molecule has 2 aliphatic rings. The monoisotopic (exact) mass is 850 g/mol. The number of nitriles is 1. The highest BCUT2D eigenvalue weighted by Crippen LogP contribution is 2.38. The molecule has 0 radical (unpaired) electrons. The third kappa shape index (κ3) is 12.0. The normalized spacial score (nSPS) is 15.6. The fourth-order valence-corrected chi connectivity index (χ4v) is 7.48. The second-order valence-corrected chi connectivity index (χ2v) is 28.4. The van der Waals surface area contributed by atoms with Crippen molar-refractivity contribution >= 4 is 45.5 Å². The Hall–Kier alpha value is -3.99. The van der Waals surface area contributed by atoms with Crippen molar-refractivity contribution in [3.8, 4) is 6.07 Å². The molecule has 0 spiro atoms. The summed E-state index contributed by atoms with van der Waals surface area (Å²) < 4.78 is 27.6. The van der Waals surface area contributed by atoms with Crippen molar-refractivity contribution in [2.45, 2.75) is 152 Å². The number of nitrogens with one attached hydrogen (secondary N) is 1. The van der Waals surface area contributed by atoms with Gasteiger partial charge in [0, 0.05) is 49.9 Å². The standard InChI is InChI=1S/C19H33N3O4Si.C19H31N3O4Si.C2H3N.CH4.H2/c2*1-12(2)10-22-16-13(17(24)21(6)18(22)25)9-15(23)14(20-16)11-26-27(7,8)19(3,4)5;1-2-3;;/h12,14,20H,9-11H2,1-8H3;12H,9-11H2,1-8H3;1H3;1H4;1H/i;;;;1+1D. The minimum atomic E-state index is -2.05. The summed E-state index contributed by atoms with van der Waals surface area (Å²) in [5, 5.41) is 10.5. The van der Waals surface area contributed by atoms with Crippen LogP contribution in [0.4, 0.5) is 11.6 Å². The first-order valence-electron chi connectivity index (χ1n) is 20.6. The van der Waals surface area contributed by atoms with Gasteiger partial charge in [0.05, 0.1) is 30.4 Å². The highest BCUT2D eigenvalue weighted by atomic mass is 28.4. The maximum absolute atomic E-state index is 12.6. The average Bonchev–Trinajstić information content (AvgIpc) is 3.12. The molecule has 2 aliphatic heterocycles. The molecule has 1 N–H and O–H groups in total. The van der Waals surface area contributed by atoms with Gasteiger partial charge in [-0.25, -0.2) is 14.6 Å². The van der Waals surface area contributed by atoms with E-state index in [0.29, 0.717) is 35.9 Å². The molecule has 0 saturated carbocycles. The van der Waals surface area contributed by atoms with Gasteiger partial charge in [-0.05, 0) is 48.1 Å².